The van der Waals surface area contributed by atoms with E-state index >= 15 is 9.59 Å². The van der Waals surface area contributed by atoms with E-state index in [9.17, 15) is 33.9 Å². The maximum absolute atomic E-state index is 15.0. The number of aliphatic carboxylic acids is 1. The normalized spacial score (nSPS) is 16.3. The summed E-state index contributed by atoms with van der Waals surface area (Å²) in [4.78, 5) is 111. The molecule has 0 saturated carbocycles. The number of aryl methyl sites for hydroxylation is 1. The quantitative estimate of drug-likeness (QED) is 0.0302. The molecule has 4 amide bonds. The van der Waals surface area contributed by atoms with E-state index in [1.807, 2.05) is 36.4 Å². The van der Waals surface area contributed by atoms with Gasteiger partial charge in [0.2, 0.25) is 11.8 Å². The van der Waals surface area contributed by atoms with Crippen LogP contribution in [0.1, 0.15) is 74.6 Å². The van der Waals surface area contributed by atoms with E-state index in [-0.39, 0.29) is 31.6 Å². The first-order chi connectivity index (χ1) is 36.4. The van der Waals surface area contributed by atoms with Gasteiger partial charge in [-0.25, -0.2) is 14.4 Å². The molecule has 0 aliphatic carbocycles. The number of alkyl carbamates (subject to hydrolysis) is 2. The van der Waals surface area contributed by atoms with Crippen molar-refractivity contribution in [1.29, 1.82) is 0 Å². The average Bonchev–Trinajstić information content (AvgIpc) is 3.90. The molecule has 4 aromatic carbocycles. The number of H-pyrrole nitrogens is 1. The van der Waals surface area contributed by atoms with E-state index in [0.29, 0.717) is 22.3 Å². The predicted octanol–water partition coefficient (Wildman–Crippen LogP) is 4.71. The Morgan fingerprint density at radius 1 is 0.618 bits per heavy atom. The molecule has 0 bridgehead atoms. The van der Waals surface area contributed by atoms with Gasteiger partial charge in [0.15, 0.2) is 6.23 Å². The monoisotopic (exact) mass is 1040 g/mol. The van der Waals surface area contributed by atoms with Crippen LogP contribution in [0.4, 0.5) is 9.59 Å². The predicted molar refractivity (Wildman–Crippen MR) is 278 cm³/mol. The van der Waals surface area contributed by atoms with E-state index in [1.165, 1.54) is 25.3 Å². The molecule has 2 heterocycles. The van der Waals surface area contributed by atoms with Gasteiger partial charge in [-0.2, -0.15) is 0 Å². The first kappa shape index (κ1) is 57.0. The van der Waals surface area contributed by atoms with Crippen molar-refractivity contribution in [1.82, 2.24) is 30.8 Å². The number of carbonyl (C=O) groups is 6. The molecule has 0 spiro atoms. The van der Waals surface area contributed by atoms with Crippen LogP contribution in [-0.2, 0) is 64.2 Å². The van der Waals surface area contributed by atoms with Crippen LogP contribution in [0.3, 0.4) is 0 Å². The number of aromatic nitrogens is 2. The number of carboxylic acids is 1. The Bertz CT molecular complexity index is 2750. The molecule has 5 aromatic rings. The molecule has 5 N–H and O–H groups in total. The van der Waals surface area contributed by atoms with Gasteiger partial charge in [-0.05, 0) is 66.4 Å². The second-order valence-electron chi connectivity index (χ2n) is 19.2. The van der Waals surface area contributed by atoms with Crippen LogP contribution in [-0.4, -0.2) is 81.9 Å². The Morgan fingerprint density at radius 2 is 1.05 bits per heavy atom. The van der Waals surface area contributed by atoms with Gasteiger partial charge in [0, 0.05) is 35.7 Å². The minimum Gasteiger partial charge on any atom is -0.550 e. The molecule has 0 saturated heterocycles. The number of rotatable bonds is 25. The molecule has 1 aromatic heterocycles. The number of hydrogen-bond donors (Lipinski definition) is 5. The summed E-state index contributed by atoms with van der Waals surface area (Å²) in [5, 5.41) is 23.5. The van der Waals surface area contributed by atoms with Gasteiger partial charge < -0.3 is 50.1 Å². The van der Waals surface area contributed by atoms with E-state index in [0.717, 1.165) is 4.57 Å². The van der Waals surface area contributed by atoms with Crippen molar-refractivity contribution in [2.24, 2.45) is 17.8 Å². The van der Waals surface area contributed by atoms with Crippen LogP contribution in [0.5, 0.6) is 0 Å². The molecular formula is C57H65N6O13-. The Hall–Kier alpha value is -8.32. The largest absolute Gasteiger partial charge is 0.550 e. The summed E-state index contributed by atoms with van der Waals surface area (Å²) in [6, 6.07) is 31.2. The van der Waals surface area contributed by atoms with Crippen molar-refractivity contribution in [3.63, 3.8) is 0 Å². The summed E-state index contributed by atoms with van der Waals surface area (Å²) < 4.78 is 25.1. The number of carbonyl (C=O) groups excluding carboxylic acids is 6. The summed E-state index contributed by atoms with van der Waals surface area (Å²) in [6.07, 6.45) is -2.75. The molecule has 6 rings (SSSR count). The lowest BCUT2D eigenvalue weighted by molar-refractivity contribution is -0.305. The molecule has 76 heavy (non-hydrogen) atoms. The Kier molecular flexibility index (Phi) is 20.9. The standard InChI is InChI=1S/C57H66N6O13/c1-35(2)49(60-56(71)73-33-40-22-14-8-15-23-40)53(68)58-42(30-38-18-10-6-11-19-38)48(51(76-47(66)29-28-46(64)65)44-26-27-45(75-44)63-32-37(5)52(67)62-55(63)70)43(31-39-20-12-7-13-21-39)59-54(69)50(36(3)4)61-57(72)74-34-41-24-16-9-17-25-41/h6-27,32,35-36,42-45,48-51H,28-31,33-34H2,1-5H3,(H,58,68)(H,59,69)(H,60,71)(H,61,72)(H,64,65)(H,62,67,70)/p-1/t42-,43-,44-,45+,48?,49?,50?,51?/m0/s1. The van der Waals surface area contributed by atoms with E-state index in [4.69, 9.17) is 18.9 Å². The van der Waals surface area contributed by atoms with Crippen LogP contribution in [0, 0.1) is 24.7 Å². The average molecular weight is 1040 g/mol. The molecule has 1 aliphatic rings. The molecule has 7 atom stereocenters. The highest BCUT2D eigenvalue weighted by Crippen LogP contribution is 2.33. The van der Waals surface area contributed by atoms with Gasteiger partial charge in [0.05, 0.1) is 6.42 Å². The highest BCUT2D eigenvalue weighted by molar-refractivity contribution is 5.87. The minimum absolute atomic E-state index is 0.00484. The number of hydrogen-bond acceptors (Lipinski definition) is 13. The van der Waals surface area contributed by atoms with E-state index < -0.39 is 120 Å². The van der Waals surface area contributed by atoms with E-state index in [2.05, 4.69) is 26.3 Å². The fourth-order valence-corrected chi connectivity index (χ4v) is 8.80. The zero-order valence-electron chi connectivity index (χ0n) is 43.0. The Morgan fingerprint density at radius 3 is 1.47 bits per heavy atom. The second-order valence-corrected chi connectivity index (χ2v) is 19.2. The van der Waals surface area contributed by atoms with Crippen molar-refractivity contribution >= 4 is 35.9 Å². The molecule has 0 fully saturated rings. The highest BCUT2D eigenvalue weighted by Gasteiger charge is 2.47. The van der Waals surface area contributed by atoms with Gasteiger partial charge in [0.25, 0.3) is 5.56 Å². The third-order valence-electron chi connectivity index (χ3n) is 12.7. The molecule has 19 heteroatoms. The molecule has 3 unspecified atom stereocenters. The SMILES string of the molecule is Cc1cn([C@H]2C=C[C@@H](C(OC(=O)CCC(=O)[O-])C([C@H](Cc3ccccc3)NC(=O)C(NC(=O)OCc3ccccc3)C(C)C)[C@H](Cc3ccccc3)NC(=O)C(NC(=O)OCc3ccccc3)C(C)C)O2)c(=O)[nH]c1=O. The first-order valence-corrected chi connectivity index (χ1v) is 25.1. The maximum atomic E-state index is 15.0. The van der Waals surface area contributed by atoms with Gasteiger partial charge in [-0.15, -0.1) is 0 Å². The van der Waals surface area contributed by atoms with Gasteiger partial charge >= 0.3 is 23.8 Å². The number of amides is 4. The molecular weight excluding hydrogens is 977 g/mol. The topological polar surface area (TPSA) is 265 Å². The number of esters is 1. The Balaban J connectivity index is 1.48. The molecule has 1 aliphatic heterocycles. The second kappa shape index (κ2) is 27.8. The molecule has 402 valence electrons. The number of ether oxygens (including phenoxy) is 4. The van der Waals surface area contributed by atoms with Crippen LogP contribution in [0.25, 0.3) is 0 Å². The molecule has 19 nitrogen and oxygen atoms in total. The van der Waals surface area contributed by atoms with Crippen LogP contribution < -0.4 is 37.6 Å². The third-order valence-corrected chi connectivity index (χ3v) is 12.7. The number of carboxylic acid groups (broad SMARTS) is 1. The summed E-state index contributed by atoms with van der Waals surface area (Å²) in [7, 11) is 0. The first-order valence-electron chi connectivity index (χ1n) is 25.1. The third kappa shape index (κ3) is 16.9. The number of nitrogens with one attached hydrogen (secondary N) is 5. The van der Waals surface area contributed by atoms with Gasteiger partial charge in [-0.1, -0.05) is 155 Å². The number of aromatic amines is 1. The van der Waals surface area contributed by atoms with Crippen molar-refractivity contribution in [2.75, 3.05) is 0 Å². The zero-order valence-corrected chi connectivity index (χ0v) is 43.0. The van der Waals surface area contributed by atoms with Gasteiger partial charge in [0.1, 0.15) is 37.5 Å². The summed E-state index contributed by atoms with van der Waals surface area (Å²) in [5.41, 5.74) is 1.55. The minimum atomic E-state index is -1.53. The number of nitrogens with zero attached hydrogens (tertiary/aromatic N) is 1. The van der Waals surface area contributed by atoms with Crippen LogP contribution in [0.2, 0.25) is 0 Å². The summed E-state index contributed by atoms with van der Waals surface area (Å²) in [6.45, 7) is 8.26. The fraction of sp³-hybridized carbons (Fsp3) is 0.368. The van der Waals surface area contributed by atoms with Crippen molar-refractivity contribution < 1.29 is 52.8 Å². The lowest BCUT2D eigenvalue weighted by Gasteiger charge is -2.42. The van der Waals surface area contributed by atoms with E-state index in [1.54, 1.807) is 113 Å². The highest BCUT2D eigenvalue weighted by atomic mass is 16.6. The fourth-order valence-electron chi connectivity index (χ4n) is 8.80. The smallest absolute Gasteiger partial charge is 0.408 e. The maximum Gasteiger partial charge on any atom is 0.408 e. The van der Waals surface area contributed by atoms with Crippen molar-refractivity contribution in [2.45, 2.75) is 116 Å². The van der Waals surface area contributed by atoms with Crippen LogP contribution >= 0.6 is 0 Å². The van der Waals surface area contributed by atoms with Gasteiger partial charge in [-0.3, -0.25) is 28.7 Å². The summed E-state index contributed by atoms with van der Waals surface area (Å²) >= 11 is 0. The lowest BCUT2D eigenvalue weighted by atomic mass is 9.78. The van der Waals surface area contributed by atoms with Crippen molar-refractivity contribution in [3.8, 4) is 0 Å². The molecule has 0 radical (unpaired) electrons. The Labute approximate surface area is 440 Å². The van der Waals surface area contributed by atoms with Crippen LogP contribution in [0.15, 0.2) is 149 Å². The number of benzene rings is 4. The zero-order chi connectivity index (χ0) is 54.7. The summed E-state index contributed by atoms with van der Waals surface area (Å²) in [5.74, 6) is -6.19. The lowest BCUT2D eigenvalue weighted by Crippen LogP contribution is -2.63. The van der Waals surface area contributed by atoms with Crippen molar-refractivity contribution in [3.05, 3.63) is 188 Å².